The number of nitriles is 1. The summed E-state index contributed by atoms with van der Waals surface area (Å²) >= 11 is 0. The maximum absolute atomic E-state index is 9.36. The average Bonchev–Trinajstić information content (AvgIpc) is 3.60. The molecule has 5 heteroatoms. The van der Waals surface area contributed by atoms with Gasteiger partial charge in [0.05, 0.1) is 11.6 Å². The molecule has 2 heterocycles. The number of rotatable bonds is 6. The molecule has 0 atom stereocenters. The molecule has 0 radical (unpaired) electrons. The fourth-order valence-corrected chi connectivity index (χ4v) is 6.63. The third kappa shape index (κ3) is 5.71. The molecule has 51 heavy (non-hydrogen) atoms. The van der Waals surface area contributed by atoms with Crippen molar-refractivity contribution in [1.29, 1.82) is 5.26 Å². The smallest absolute Gasteiger partial charge is 0.164 e. The van der Waals surface area contributed by atoms with Crippen LogP contribution in [0.5, 0.6) is 0 Å². The third-order valence-electron chi connectivity index (χ3n) is 9.17. The largest absolute Gasteiger partial charge is 0.456 e. The second-order valence-corrected chi connectivity index (χ2v) is 12.4. The standard InChI is InChI=1S/C46H28N4O/c47-29-30-10-7-15-35(26-30)32-20-22-34(23-21-32)45-48-44(33-13-5-2-6-14-33)49-46(50-45)38-24-25-40-42(28-38)51-41-19-9-18-39(43(40)41)37-17-8-16-36(27-37)31-11-3-1-4-12-31/h1-28H. The van der Waals surface area contributed by atoms with E-state index in [1.807, 2.05) is 103 Å². The third-order valence-corrected chi connectivity index (χ3v) is 9.17. The zero-order chi connectivity index (χ0) is 34.1. The minimum atomic E-state index is 0.558. The van der Waals surface area contributed by atoms with Crippen LogP contribution in [-0.2, 0) is 0 Å². The molecular weight excluding hydrogens is 625 g/mol. The number of fused-ring (bicyclic) bond motifs is 3. The van der Waals surface area contributed by atoms with Crippen LogP contribution >= 0.6 is 0 Å². The summed E-state index contributed by atoms with van der Waals surface area (Å²) in [6, 6.07) is 59.4. The lowest BCUT2D eigenvalue weighted by Gasteiger charge is -2.09. The van der Waals surface area contributed by atoms with Gasteiger partial charge in [0.15, 0.2) is 17.5 Å². The molecule has 0 saturated heterocycles. The zero-order valence-corrected chi connectivity index (χ0v) is 27.4. The van der Waals surface area contributed by atoms with Crippen LogP contribution in [0.2, 0.25) is 0 Å². The van der Waals surface area contributed by atoms with E-state index in [4.69, 9.17) is 19.4 Å². The molecule has 0 unspecified atom stereocenters. The van der Waals surface area contributed by atoms with Gasteiger partial charge in [0, 0.05) is 27.5 Å². The Bertz CT molecular complexity index is 2750. The zero-order valence-electron chi connectivity index (χ0n) is 27.4. The second-order valence-electron chi connectivity index (χ2n) is 12.4. The number of aromatic nitrogens is 3. The molecular formula is C46H28N4O. The Labute approximate surface area is 294 Å². The van der Waals surface area contributed by atoms with Crippen LogP contribution < -0.4 is 0 Å². The van der Waals surface area contributed by atoms with E-state index in [1.54, 1.807) is 0 Å². The van der Waals surface area contributed by atoms with E-state index in [0.29, 0.717) is 23.0 Å². The Kier molecular flexibility index (Phi) is 7.46. The molecule has 0 fully saturated rings. The first-order valence-corrected chi connectivity index (χ1v) is 16.7. The molecule has 0 spiro atoms. The first kappa shape index (κ1) is 29.9. The van der Waals surface area contributed by atoms with Gasteiger partial charge in [0.1, 0.15) is 11.2 Å². The van der Waals surface area contributed by atoms with Crippen LogP contribution in [0.4, 0.5) is 0 Å². The Morgan fingerprint density at radius 1 is 0.392 bits per heavy atom. The summed E-state index contributed by atoms with van der Waals surface area (Å²) in [6.45, 7) is 0. The highest BCUT2D eigenvalue weighted by atomic mass is 16.3. The summed E-state index contributed by atoms with van der Waals surface area (Å²) in [7, 11) is 0. The molecule has 238 valence electrons. The van der Waals surface area contributed by atoms with Crippen molar-refractivity contribution in [3.63, 3.8) is 0 Å². The van der Waals surface area contributed by atoms with E-state index in [2.05, 4.69) is 72.8 Å². The van der Waals surface area contributed by atoms with Crippen LogP contribution in [-0.4, -0.2) is 15.0 Å². The van der Waals surface area contributed by atoms with Crippen molar-refractivity contribution < 1.29 is 4.42 Å². The van der Waals surface area contributed by atoms with Gasteiger partial charge < -0.3 is 4.42 Å². The van der Waals surface area contributed by atoms with Gasteiger partial charge in [-0.2, -0.15) is 5.26 Å². The molecule has 0 N–H and O–H groups in total. The molecule has 0 aliphatic heterocycles. The minimum absolute atomic E-state index is 0.558. The highest BCUT2D eigenvalue weighted by molar-refractivity contribution is 6.13. The highest BCUT2D eigenvalue weighted by Gasteiger charge is 2.17. The fourth-order valence-electron chi connectivity index (χ4n) is 6.63. The van der Waals surface area contributed by atoms with Crippen molar-refractivity contribution in [2.24, 2.45) is 0 Å². The van der Waals surface area contributed by atoms with Gasteiger partial charge in [-0.1, -0.05) is 133 Å². The van der Waals surface area contributed by atoms with E-state index in [9.17, 15) is 5.26 Å². The highest BCUT2D eigenvalue weighted by Crippen LogP contribution is 2.39. The summed E-state index contributed by atoms with van der Waals surface area (Å²) in [5, 5.41) is 11.5. The van der Waals surface area contributed by atoms with Crippen molar-refractivity contribution in [2.75, 3.05) is 0 Å². The van der Waals surface area contributed by atoms with E-state index in [0.717, 1.165) is 60.9 Å². The summed E-state index contributed by atoms with van der Waals surface area (Å²) in [5.74, 6) is 1.72. The van der Waals surface area contributed by atoms with E-state index >= 15 is 0 Å². The predicted molar refractivity (Wildman–Crippen MR) is 204 cm³/mol. The lowest BCUT2D eigenvalue weighted by Crippen LogP contribution is -2.00. The van der Waals surface area contributed by atoms with Gasteiger partial charge in [-0.3, -0.25) is 0 Å². The first-order valence-electron chi connectivity index (χ1n) is 16.7. The number of benzene rings is 7. The van der Waals surface area contributed by atoms with Crippen molar-refractivity contribution >= 4 is 21.9 Å². The number of hydrogen-bond acceptors (Lipinski definition) is 5. The van der Waals surface area contributed by atoms with Gasteiger partial charge >= 0.3 is 0 Å². The van der Waals surface area contributed by atoms with Crippen LogP contribution in [0.15, 0.2) is 174 Å². The topological polar surface area (TPSA) is 75.6 Å². The van der Waals surface area contributed by atoms with E-state index < -0.39 is 0 Å². The maximum Gasteiger partial charge on any atom is 0.164 e. The van der Waals surface area contributed by atoms with Crippen molar-refractivity contribution in [3.8, 4) is 73.6 Å². The van der Waals surface area contributed by atoms with Crippen molar-refractivity contribution in [1.82, 2.24) is 15.0 Å². The van der Waals surface area contributed by atoms with Crippen LogP contribution in [0.25, 0.3) is 89.5 Å². The molecule has 9 aromatic rings. The summed E-state index contributed by atoms with van der Waals surface area (Å²) in [6.07, 6.45) is 0. The Morgan fingerprint density at radius 2 is 0.922 bits per heavy atom. The Hall–Kier alpha value is -7.16. The number of hydrogen-bond donors (Lipinski definition) is 0. The Balaban J connectivity index is 1.13. The molecule has 0 amide bonds. The molecule has 0 bridgehead atoms. The summed E-state index contributed by atoms with van der Waals surface area (Å²) < 4.78 is 6.50. The molecule has 7 aromatic carbocycles. The van der Waals surface area contributed by atoms with Crippen LogP contribution in [0, 0.1) is 11.3 Å². The quantitative estimate of drug-likeness (QED) is 0.179. The molecule has 0 saturated carbocycles. The van der Waals surface area contributed by atoms with Crippen LogP contribution in [0.1, 0.15) is 5.56 Å². The fraction of sp³-hybridized carbons (Fsp3) is 0. The van der Waals surface area contributed by atoms with Gasteiger partial charge in [-0.25, -0.2) is 15.0 Å². The predicted octanol–water partition coefficient (Wildman–Crippen LogP) is 11.6. The van der Waals surface area contributed by atoms with Gasteiger partial charge in [0.25, 0.3) is 0 Å². The summed E-state index contributed by atoms with van der Waals surface area (Å²) in [5.41, 5.74) is 11.4. The number of nitrogens with zero attached hydrogens (tertiary/aromatic N) is 4. The van der Waals surface area contributed by atoms with E-state index in [-0.39, 0.29) is 0 Å². The number of furan rings is 1. The first-order chi connectivity index (χ1) is 25.2. The van der Waals surface area contributed by atoms with Crippen molar-refractivity contribution in [3.05, 3.63) is 175 Å². The minimum Gasteiger partial charge on any atom is -0.456 e. The van der Waals surface area contributed by atoms with Crippen molar-refractivity contribution in [2.45, 2.75) is 0 Å². The maximum atomic E-state index is 9.36. The average molecular weight is 653 g/mol. The lowest BCUT2D eigenvalue weighted by atomic mass is 9.96. The normalized spacial score (nSPS) is 11.1. The van der Waals surface area contributed by atoms with Gasteiger partial charge in [-0.15, -0.1) is 0 Å². The SMILES string of the molecule is N#Cc1cccc(-c2ccc(-c3nc(-c4ccccc4)nc(-c4ccc5c(c4)oc4cccc(-c6cccc(-c7ccccc7)c6)c45)n3)cc2)c1. The molecule has 2 aromatic heterocycles. The van der Waals surface area contributed by atoms with Gasteiger partial charge in [0.2, 0.25) is 0 Å². The molecule has 0 aliphatic carbocycles. The van der Waals surface area contributed by atoms with E-state index in [1.165, 1.54) is 11.1 Å². The Morgan fingerprint density at radius 3 is 1.65 bits per heavy atom. The van der Waals surface area contributed by atoms with Crippen LogP contribution in [0.3, 0.4) is 0 Å². The molecule has 5 nitrogen and oxygen atoms in total. The molecule has 9 rings (SSSR count). The molecule has 0 aliphatic rings. The second kappa shape index (κ2) is 12.7. The summed E-state index contributed by atoms with van der Waals surface area (Å²) in [4.78, 5) is 14.9. The van der Waals surface area contributed by atoms with Gasteiger partial charge in [-0.05, 0) is 69.8 Å². The lowest BCUT2D eigenvalue weighted by molar-refractivity contribution is 0.669. The monoisotopic (exact) mass is 652 g/mol.